The lowest BCUT2D eigenvalue weighted by atomic mass is 9.92. The minimum atomic E-state index is -0.270. The summed E-state index contributed by atoms with van der Waals surface area (Å²) in [6.07, 6.45) is 1.72. The van der Waals surface area contributed by atoms with Gasteiger partial charge in [-0.1, -0.05) is 57.9 Å². The minimum Gasteiger partial charge on any atom is -0.497 e. The quantitative estimate of drug-likeness (QED) is 0.419. The Morgan fingerprint density at radius 1 is 1.08 bits per heavy atom. The van der Waals surface area contributed by atoms with Crippen LogP contribution in [0.4, 0.5) is 5.82 Å². The van der Waals surface area contributed by atoms with Crippen LogP contribution in [-0.4, -0.2) is 46.7 Å². The molecule has 0 radical (unpaired) electrons. The number of unbranched alkanes of at least 4 members (excludes halogenated alkanes) is 1. The number of methoxy groups -OCH3 is 1. The Balaban J connectivity index is 1.89. The number of nitrogens with zero attached hydrogens (tertiary/aromatic N) is 3. The van der Waals surface area contributed by atoms with Crippen LogP contribution in [0.15, 0.2) is 48.5 Å². The van der Waals surface area contributed by atoms with Crippen LogP contribution in [-0.2, 0) is 10.2 Å². The van der Waals surface area contributed by atoms with Crippen molar-refractivity contribution in [1.82, 2.24) is 14.7 Å². The Kier molecular flexibility index (Phi) is 8.56. The van der Waals surface area contributed by atoms with Crippen LogP contribution < -0.4 is 10.1 Å². The van der Waals surface area contributed by atoms with Gasteiger partial charge in [-0.15, -0.1) is 0 Å². The molecule has 192 valence electrons. The summed E-state index contributed by atoms with van der Waals surface area (Å²) in [5, 5.41) is 7.86. The zero-order valence-electron chi connectivity index (χ0n) is 22.5. The lowest BCUT2D eigenvalue weighted by molar-refractivity contribution is -0.117. The molecule has 7 nitrogen and oxygen atoms in total. The maximum absolute atomic E-state index is 13.3. The second-order valence-electron chi connectivity index (χ2n) is 10.2. The number of hydrogen-bond donors (Lipinski definition) is 1. The number of nitrogens with one attached hydrogen (secondary N) is 1. The van der Waals surface area contributed by atoms with E-state index in [4.69, 9.17) is 9.84 Å². The summed E-state index contributed by atoms with van der Waals surface area (Å²) in [6, 6.07) is 15.1. The van der Waals surface area contributed by atoms with Gasteiger partial charge in [0.05, 0.1) is 18.5 Å². The van der Waals surface area contributed by atoms with E-state index < -0.39 is 0 Å². The van der Waals surface area contributed by atoms with E-state index in [1.165, 1.54) is 0 Å². The SMILES string of the molecule is CCCCN(CC(=O)Nc1cc(C(C)(C)C)nn1-c1ccc(C)cc1C)C(=O)c1cccc(OC)c1. The van der Waals surface area contributed by atoms with Gasteiger partial charge in [0.1, 0.15) is 18.1 Å². The van der Waals surface area contributed by atoms with Gasteiger partial charge in [-0.25, -0.2) is 4.68 Å². The van der Waals surface area contributed by atoms with E-state index in [1.807, 2.05) is 32.0 Å². The number of ether oxygens (including phenoxy) is 1. The van der Waals surface area contributed by atoms with Crippen molar-refractivity contribution in [1.29, 1.82) is 0 Å². The lowest BCUT2D eigenvalue weighted by Crippen LogP contribution is -2.39. The van der Waals surface area contributed by atoms with E-state index >= 15 is 0 Å². The van der Waals surface area contributed by atoms with Crippen LogP contribution in [0, 0.1) is 13.8 Å². The number of anilines is 1. The fourth-order valence-electron chi connectivity index (χ4n) is 3.96. The third kappa shape index (κ3) is 6.53. The Bertz CT molecular complexity index is 1220. The second kappa shape index (κ2) is 11.4. The largest absolute Gasteiger partial charge is 0.497 e. The lowest BCUT2D eigenvalue weighted by Gasteiger charge is -2.22. The van der Waals surface area contributed by atoms with Crippen LogP contribution >= 0.6 is 0 Å². The fraction of sp³-hybridized carbons (Fsp3) is 0.414. The van der Waals surface area contributed by atoms with Crippen molar-refractivity contribution in [2.24, 2.45) is 0 Å². The highest BCUT2D eigenvalue weighted by molar-refractivity contribution is 5.99. The Hall–Kier alpha value is -3.61. The molecule has 36 heavy (non-hydrogen) atoms. The van der Waals surface area contributed by atoms with Gasteiger partial charge >= 0.3 is 0 Å². The molecule has 3 rings (SSSR count). The Morgan fingerprint density at radius 2 is 1.83 bits per heavy atom. The smallest absolute Gasteiger partial charge is 0.254 e. The highest BCUT2D eigenvalue weighted by atomic mass is 16.5. The van der Waals surface area contributed by atoms with Crippen LogP contribution in [0.2, 0.25) is 0 Å². The van der Waals surface area contributed by atoms with Crippen molar-refractivity contribution in [2.45, 2.75) is 59.8 Å². The predicted molar refractivity (Wildman–Crippen MR) is 144 cm³/mol. The van der Waals surface area contributed by atoms with E-state index in [1.54, 1.807) is 41.0 Å². The summed E-state index contributed by atoms with van der Waals surface area (Å²) < 4.78 is 7.05. The van der Waals surface area contributed by atoms with E-state index in [0.29, 0.717) is 23.7 Å². The van der Waals surface area contributed by atoms with Gasteiger partial charge in [0, 0.05) is 23.6 Å². The molecule has 7 heteroatoms. The molecule has 1 N–H and O–H groups in total. The number of aromatic nitrogens is 2. The molecule has 0 saturated heterocycles. The monoisotopic (exact) mass is 490 g/mol. The van der Waals surface area contributed by atoms with Crippen LogP contribution in [0.25, 0.3) is 5.69 Å². The van der Waals surface area contributed by atoms with Crippen molar-refractivity contribution in [3.05, 3.63) is 70.9 Å². The van der Waals surface area contributed by atoms with E-state index in [9.17, 15) is 9.59 Å². The molecule has 3 aromatic rings. The molecule has 2 amide bonds. The third-order valence-corrected chi connectivity index (χ3v) is 6.05. The predicted octanol–water partition coefficient (Wildman–Crippen LogP) is 5.68. The molecular weight excluding hydrogens is 452 g/mol. The average molecular weight is 491 g/mol. The summed E-state index contributed by atoms with van der Waals surface area (Å²) in [5.41, 5.74) is 4.29. The zero-order chi connectivity index (χ0) is 26.5. The number of amides is 2. The van der Waals surface area contributed by atoms with Crippen LogP contribution in [0.1, 0.15) is 67.7 Å². The maximum atomic E-state index is 13.3. The molecule has 0 fully saturated rings. The van der Waals surface area contributed by atoms with Crippen molar-refractivity contribution in [2.75, 3.05) is 25.5 Å². The first-order chi connectivity index (χ1) is 17.0. The standard InChI is InChI=1S/C29H38N4O3/c1-8-9-15-32(28(35)22-11-10-12-23(17-22)36-7)19-27(34)30-26-18-25(29(4,5)6)31-33(26)24-14-13-20(2)16-21(24)3/h10-14,16-18H,8-9,15,19H2,1-7H3,(H,30,34). The molecule has 0 aliphatic carbocycles. The normalized spacial score (nSPS) is 11.3. The summed E-state index contributed by atoms with van der Waals surface area (Å²) in [5.74, 6) is 0.721. The average Bonchev–Trinajstić information content (AvgIpc) is 3.25. The first kappa shape index (κ1) is 27.0. The molecule has 0 bridgehead atoms. The molecule has 0 spiro atoms. The van der Waals surface area contributed by atoms with Gasteiger partial charge in [0.2, 0.25) is 5.91 Å². The highest BCUT2D eigenvalue weighted by Crippen LogP contribution is 2.28. The van der Waals surface area contributed by atoms with Crippen molar-refractivity contribution in [3.8, 4) is 11.4 Å². The summed E-state index contributed by atoms with van der Waals surface area (Å²) in [4.78, 5) is 28.1. The van der Waals surface area contributed by atoms with Crippen molar-refractivity contribution >= 4 is 17.6 Å². The van der Waals surface area contributed by atoms with Gasteiger partial charge in [0.15, 0.2) is 0 Å². The molecule has 0 saturated carbocycles. The fourth-order valence-corrected chi connectivity index (χ4v) is 3.96. The summed E-state index contributed by atoms with van der Waals surface area (Å²) >= 11 is 0. The Morgan fingerprint density at radius 3 is 2.47 bits per heavy atom. The highest BCUT2D eigenvalue weighted by Gasteiger charge is 2.24. The number of aryl methyl sites for hydroxylation is 2. The number of benzene rings is 2. The Labute approximate surface area is 214 Å². The number of hydrogen-bond acceptors (Lipinski definition) is 4. The molecule has 0 aliphatic rings. The molecule has 0 atom stereocenters. The van der Waals surface area contributed by atoms with Gasteiger partial charge in [0.25, 0.3) is 5.91 Å². The van der Waals surface area contributed by atoms with E-state index in [2.05, 4.69) is 39.1 Å². The number of rotatable bonds is 9. The van der Waals surface area contributed by atoms with Crippen molar-refractivity contribution < 1.29 is 14.3 Å². The summed E-state index contributed by atoms with van der Waals surface area (Å²) in [6.45, 7) is 12.8. The number of carbonyl (C=O) groups excluding carboxylic acids is 2. The topological polar surface area (TPSA) is 76.5 Å². The van der Waals surface area contributed by atoms with Crippen LogP contribution in [0.3, 0.4) is 0 Å². The van der Waals surface area contributed by atoms with Crippen molar-refractivity contribution in [3.63, 3.8) is 0 Å². The molecule has 0 aliphatic heterocycles. The van der Waals surface area contributed by atoms with Crippen LogP contribution in [0.5, 0.6) is 5.75 Å². The molecule has 0 unspecified atom stereocenters. The molecule has 2 aromatic carbocycles. The maximum Gasteiger partial charge on any atom is 0.254 e. The van der Waals surface area contributed by atoms with Gasteiger partial charge in [-0.05, 0) is 50.1 Å². The first-order valence-electron chi connectivity index (χ1n) is 12.4. The molecular formula is C29H38N4O3. The van der Waals surface area contributed by atoms with E-state index in [-0.39, 0.29) is 23.8 Å². The summed E-state index contributed by atoms with van der Waals surface area (Å²) in [7, 11) is 1.57. The van der Waals surface area contributed by atoms with Gasteiger partial charge < -0.3 is 15.0 Å². The third-order valence-electron chi connectivity index (χ3n) is 6.05. The molecule has 1 heterocycles. The second-order valence-corrected chi connectivity index (χ2v) is 10.2. The zero-order valence-corrected chi connectivity index (χ0v) is 22.5. The van der Waals surface area contributed by atoms with Gasteiger partial charge in [-0.3, -0.25) is 9.59 Å². The van der Waals surface area contributed by atoms with Gasteiger partial charge in [-0.2, -0.15) is 5.10 Å². The minimum absolute atomic E-state index is 0.0566. The molecule has 1 aromatic heterocycles. The first-order valence-corrected chi connectivity index (χ1v) is 12.4. The van der Waals surface area contributed by atoms with E-state index in [0.717, 1.165) is 35.3 Å². The number of carbonyl (C=O) groups is 2.